The topological polar surface area (TPSA) is 87.7 Å². The highest BCUT2D eigenvalue weighted by molar-refractivity contribution is 6.33. The number of amides is 2. The van der Waals surface area contributed by atoms with Gasteiger partial charge in [0, 0.05) is 0 Å². The van der Waals surface area contributed by atoms with Crippen LogP contribution in [0.3, 0.4) is 0 Å². The molecule has 7 heteroatoms. The van der Waals surface area contributed by atoms with Crippen molar-refractivity contribution in [3.8, 4) is 0 Å². The molecule has 1 saturated heterocycles. The van der Waals surface area contributed by atoms with Gasteiger partial charge in [0.25, 0.3) is 11.8 Å². The normalized spacial score (nSPS) is 20.3. The predicted octanol–water partition coefficient (Wildman–Crippen LogP) is 0.0801. The number of fused-ring (bicyclic) bond motifs is 1. The number of hydrazine groups is 1. The van der Waals surface area contributed by atoms with Gasteiger partial charge in [-0.3, -0.25) is 9.59 Å². The molecular formula is C15H15N3O4. The van der Waals surface area contributed by atoms with Crippen LogP contribution in [-0.2, 0) is 19.1 Å². The van der Waals surface area contributed by atoms with Gasteiger partial charge in [-0.15, -0.1) is 0 Å². The number of rotatable bonds is 2. The fourth-order valence-corrected chi connectivity index (χ4v) is 2.66. The molecule has 0 bridgehead atoms. The van der Waals surface area contributed by atoms with Crippen molar-refractivity contribution in [2.45, 2.75) is 19.9 Å². The standard InChI is InChI=1S/C15H15N3O4/c1-7-5-4-6-9(8(7)2)18-13(19)10-11(14(18)20)16-17-12(10)15(21)22-3/h4-6,11,16-17H,1-3H3. The molecular weight excluding hydrogens is 286 g/mol. The fourth-order valence-electron chi connectivity index (χ4n) is 2.66. The molecule has 0 radical (unpaired) electrons. The van der Waals surface area contributed by atoms with Crippen LogP contribution in [0.1, 0.15) is 11.1 Å². The van der Waals surface area contributed by atoms with Gasteiger partial charge < -0.3 is 10.2 Å². The van der Waals surface area contributed by atoms with Crippen LogP contribution in [0.15, 0.2) is 29.5 Å². The third-order valence-corrected chi connectivity index (χ3v) is 4.01. The summed E-state index contributed by atoms with van der Waals surface area (Å²) in [6.45, 7) is 3.75. The van der Waals surface area contributed by atoms with Crippen molar-refractivity contribution in [2.75, 3.05) is 12.0 Å². The second-order valence-electron chi connectivity index (χ2n) is 5.18. The van der Waals surface area contributed by atoms with E-state index in [9.17, 15) is 14.4 Å². The van der Waals surface area contributed by atoms with E-state index in [1.165, 1.54) is 7.11 Å². The summed E-state index contributed by atoms with van der Waals surface area (Å²) >= 11 is 0. The molecule has 2 N–H and O–H groups in total. The number of ether oxygens (including phenoxy) is 1. The first-order chi connectivity index (χ1) is 10.5. The minimum atomic E-state index is -0.874. The Balaban J connectivity index is 2.10. The van der Waals surface area contributed by atoms with Crippen LogP contribution in [0.5, 0.6) is 0 Å². The monoisotopic (exact) mass is 301 g/mol. The van der Waals surface area contributed by atoms with E-state index in [1.807, 2.05) is 19.9 Å². The van der Waals surface area contributed by atoms with E-state index >= 15 is 0 Å². The van der Waals surface area contributed by atoms with Gasteiger partial charge in [0.05, 0.1) is 18.4 Å². The first kappa shape index (κ1) is 14.3. The van der Waals surface area contributed by atoms with Crippen LogP contribution in [-0.4, -0.2) is 30.9 Å². The van der Waals surface area contributed by atoms with Crippen molar-refractivity contribution in [3.63, 3.8) is 0 Å². The van der Waals surface area contributed by atoms with Crippen molar-refractivity contribution < 1.29 is 19.1 Å². The average Bonchev–Trinajstić information content (AvgIpc) is 3.04. The summed E-state index contributed by atoms with van der Waals surface area (Å²) in [6.07, 6.45) is 0. The second-order valence-corrected chi connectivity index (χ2v) is 5.18. The lowest BCUT2D eigenvalue weighted by Gasteiger charge is -2.19. The summed E-state index contributed by atoms with van der Waals surface area (Å²) in [6, 6.07) is 4.53. The van der Waals surface area contributed by atoms with Crippen LogP contribution in [0.2, 0.25) is 0 Å². The molecule has 0 saturated carbocycles. The van der Waals surface area contributed by atoms with Crippen molar-refractivity contribution >= 4 is 23.5 Å². The number of carbonyl (C=O) groups is 3. The molecule has 1 aromatic rings. The molecule has 7 nitrogen and oxygen atoms in total. The Hall–Kier alpha value is -2.67. The van der Waals surface area contributed by atoms with E-state index in [4.69, 9.17) is 0 Å². The minimum absolute atomic E-state index is 0.0151. The van der Waals surface area contributed by atoms with Gasteiger partial charge in [0.15, 0.2) is 0 Å². The zero-order valence-electron chi connectivity index (χ0n) is 12.4. The lowest BCUT2D eigenvalue weighted by molar-refractivity contribution is -0.137. The molecule has 1 atom stereocenters. The van der Waals surface area contributed by atoms with Gasteiger partial charge in [-0.1, -0.05) is 12.1 Å². The van der Waals surface area contributed by atoms with Crippen molar-refractivity contribution in [3.05, 3.63) is 40.6 Å². The number of nitrogens with zero attached hydrogens (tertiary/aromatic N) is 1. The Kier molecular flexibility index (Phi) is 3.22. The maximum Gasteiger partial charge on any atom is 0.356 e. The van der Waals surface area contributed by atoms with E-state index in [0.717, 1.165) is 16.0 Å². The van der Waals surface area contributed by atoms with Crippen LogP contribution >= 0.6 is 0 Å². The summed E-state index contributed by atoms with van der Waals surface area (Å²) in [5.41, 5.74) is 7.65. The number of carbonyl (C=O) groups excluding carboxylic acids is 3. The highest BCUT2D eigenvalue weighted by Crippen LogP contribution is 2.32. The highest BCUT2D eigenvalue weighted by atomic mass is 16.5. The largest absolute Gasteiger partial charge is 0.464 e. The number of benzene rings is 1. The van der Waals surface area contributed by atoms with Crippen LogP contribution < -0.4 is 15.8 Å². The van der Waals surface area contributed by atoms with E-state index < -0.39 is 23.8 Å². The number of imide groups is 1. The quantitative estimate of drug-likeness (QED) is 0.594. The number of methoxy groups -OCH3 is 1. The smallest absolute Gasteiger partial charge is 0.356 e. The summed E-state index contributed by atoms with van der Waals surface area (Å²) in [5.74, 6) is -1.62. The Morgan fingerprint density at radius 2 is 2.00 bits per heavy atom. The van der Waals surface area contributed by atoms with Crippen molar-refractivity contribution in [1.82, 2.24) is 10.9 Å². The first-order valence-corrected chi connectivity index (χ1v) is 6.76. The number of anilines is 1. The maximum atomic E-state index is 12.7. The third kappa shape index (κ3) is 1.82. The molecule has 2 aliphatic rings. The Morgan fingerprint density at radius 3 is 2.68 bits per heavy atom. The van der Waals surface area contributed by atoms with Crippen molar-refractivity contribution in [1.29, 1.82) is 0 Å². The molecule has 2 aliphatic heterocycles. The van der Waals surface area contributed by atoms with E-state index in [2.05, 4.69) is 15.6 Å². The molecule has 0 aromatic heterocycles. The first-order valence-electron chi connectivity index (χ1n) is 6.76. The molecule has 0 spiro atoms. The van der Waals surface area contributed by atoms with Crippen LogP contribution in [0, 0.1) is 13.8 Å². The van der Waals surface area contributed by atoms with Gasteiger partial charge >= 0.3 is 5.97 Å². The lowest BCUT2D eigenvalue weighted by atomic mass is 10.1. The van der Waals surface area contributed by atoms with E-state index in [-0.39, 0.29) is 11.3 Å². The number of hydrogen-bond donors (Lipinski definition) is 2. The molecule has 22 heavy (non-hydrogen) atoms. The number of nitrogens with one attached hydrogen (secondary N) is 2. The van der Waals surface area contributed by atoms with Gasteiger partial charge in [-0.05, 0) is 31.0 Å². The van der Waals surface area contributed by atoms with Crippen molar-refractivity contribution in [2.24, 2.45) is 0 Å². The number of esters is 1. The molecule has 1 fully saturated rings. The maximum absolute atomic E-state index is 12.7. The van der Waals surface area contributed by atoms with Gasteiger partial charge in [0.2, 0.25) is 0 Å². The zero-order valence-corrected chi connectivity index (χ0v) is 12.4. The van der Waals surface area contributed by atoms with Gasteiger partial charge in [-0.2, -0.15) is 0 Å². The number of hydrogen-bond acceptors (Lipinski definition) is 6. The Morgan fingerprint density at radius 1 is 1.27 bits per heavy atom. The second kappa shape index (κ2) is 4.96. The third-order valence-electron chi connectivity index (χ3n) is 4.01. The SMILES string of the molecule is COC(=O)C1=C2C(=O)N(c3cccc(C)c3C)C(=O)C2NN1. The molecule has 2 heterocycles. The van der Waals surface area contributed by atoms with E-state index in [0.29, 0.717) is 5.69 Å². The highest BCUT2D eigenvalue weighted by Gasteiger charge is 2.50. The molecule has 3 rings (SSSR count). The lowest BCUT2D eigenvalue weighted by Crippen LogP contribution is -2.43. The van der Waals surface area contributed by atoms with E-state index in [1.54, 1.807) is 12.1 Å². The summed E-state index contributed by atoms with van der Waals surface area (Å²) < 4.78 is 4.63. The van der Waals surface area contributed by atoms with Gasteiger partial charge in [0.1, 0.15) is 11.7 Å². The van der Waals surface area contributed by atoms with Gasteiger partial charge in [-0.25, -0.2) is 15.1 Å². The molecule has 114 valence electrons. The summed E-state index contributed by atoms with van der Waals surface area (Å²) in [7, 11) is 1.22. The number of aryl methyl sites for hydroxylation is 1. The predicted molar refractivity (Wildman–Crippen MR) is 77.5 cm³/mol. The Bertz CT molecular complexity index is 738. The minimum Gasteiger partial charge on any atom is -0.464 e. The Labute approximate surface area is 126 Å². The molecule has 1 aromatic carbocycles. The molecule has 2 amide bonds. The average molecular weight is 301 g/mol. The zero-order chi connectivity index (χ0) is 16.0. The van der Waals surface area contributed by atoms with Crippen LogP contribution in [0.25, 0.3) is 0 Å². The summed E-state index contributed by atoms with van der Waals surface area (Å²) in [4.78, 5) is 38.0. The summed E-state index contributed by atoms with van der Waals surface area (Å²) in [5, 5.41) is 0. The fraction of sp³-hybridized carbons (Fsp3) is 0.267. The molecule has 1 unspecified atom stereocenters. The molecule has 0 aliphatic carbocycles. The van der Waals surface area contributed by atoms with Crippen LogP contribution in [0.4, 0.5) is 5.69 Å².